The highest BCUT2D eigenvalue weighted by Gasteiger charge is 2.41. The Morgan fingerprint density at radius 2 is 1.95 bits per heavy atom. The summed E-state index contributed by atoms with van der Waals surface area (Å²) in [5, 5.41) is 5.70. The Morgan fingerprint density at radius 1 is 1.37 bits per heavy atom. The van der Waals surface area contributed by atoms with Crippen molar-refractivity contribution >= 4 is 6.09 Å². The highest BCUT2D eigenvalue weighted by Crippen LogP contribution is 2.38. The molecule has 0 aromatic carbocycles. The summed E-state index contributed by atoms with van der Waals surface area (Å²) >= 11 is 0. The van der Waals surface area contributed by atoms with Crippen LogP contribution in [0.3, 0.4) is 0 Å². The summed E-state index contributed by atoms with van der Waals surface area (Å²) < 4.78 is 5.22. The fourth-order valence-electron chi connectivity index (χ4n) is 2.96. The molecule has 7 nitrogen and oxygen atoms in total. The van der Waals surface area contributed by atoms with Gasteiger partial charge in [-0.05, 0) is 51.0 Å². The number of hydrazine groups is 1. The average molecular weight is 267 g/mol. The van der Waals surface area contributed by atoms with Crippen LogP contribution in [0.25, 0.3) is 10.4 Å². The van der Waals surface area contributed by atoms with Crippen molar-refractivity contribution in [2.75, 3.05) is 13.1 Å². The van der Waals surface area contributed by atoms with E-state index < -0.39 is 11.7 Å². The van der Waals surface area contributed by atoms with E-state index in [4.69, 9.17) is 10.3 Å². The van der Waals surface area contributed by atoms with Gasteiger partial charge in [0.1, 0.15) is 5.60 Å². The van der Waals surface area contributed by atoms with Crippen LogP contribution in [0.5, 0.6) is 0 Å². The fraction of sp³-hybridized carbons (Fsp3) is 0.917. The molecule has 1 saturated carbocycles. The molecule has 1 aliphatic heterocycles. The number of fused-ring (bicyclic) bond motifs is 1. The zero-order valence-corrected chi connectivity index (χ0v) is 11.7. The van der Waals surface area contributed by atoms with Crippen LogP contribution in [-0.2, 0) is 4.74 Å². The molecule has 3 atom stereocenters. The first-order valence-electron chi connectivity index (χ1n) is 6.66. The standard InChI is InChI=1S/C12H21N5O2/c1-12(2,3)19-11(18)15-17-6-8-4-10(14-16-13)5-9(8)7-17/h8-10H,4-7H2,1-3H3,(H,15,18)/t8-,9+,10?. The number of ether oxygens (including phenoxy) is 1. The molecule has 7 heteroatoms. The molecule has 2 fully saturated rings. The van der Waals surface area contributed by atoms with Gasteiger partial charge in [-0.2, -0.15) is 0 Å². The van der Waals surface area contributed by atoms with Gasteiger partial charge in [0.15, 0.2) is 0 Å². The third-order valence-corrected chi connectivity index (χ3v) is 3.59. The van der Waals surface area contributed by atoms with Crippen LogP contribution in [-0.4, -0.2) is 35.8 Å². The maximum absolute atomic E-state index is 11.7. The summed E-state index contributed by atoms with van der Waals surface area (Å²) in [5.41, 5.74) is 10.7. The van der Waals surface area contributed by atoms with Gasteiger partial charge in [-0.1, -0.05) is 5.11 Å². The molecule has 1 unspecified atom stereocenters. The molecule has 1 heterocycles. The van der Waals surface area contributed by atoms with Gasteiger partial charge in [-0.25, -0.2) is 9.80 Å². The van der Waals surface area contributed by atoms with Gasteiger partial charge in [0, 0.05) is 24.0 Å². The first kappa shape index (κ1) is 14.0. The fourth-order valence-corrected chi connectivity index (χ4v) is 2.96. The monoisotopic (exact) mass is 267 g/mol. The smallest absolute Gasteiger partial charge is 0.422 e. The normalized spacial score (nSPS) is 30.6. The first-order valence-corrected chi connectivity index (χ1v) is 6.66. The van der Waals surface area contributed by atoms with Crippen LogP contribution >= 0.6 is 0 Å². The molecule has 19 heavy (non-hydrogen) atoms. The topological polar surface area (TPSA) is 90.3 Å². The van der Waals surface area contributed by atoms with Crippen molar-refractivity contribution in [3.05, 3.63) is 10.4 Å². The number of carbonyl (C=O) groups excluding carboxylic acids is 1. The van der Waals surface area contributed by atoms with Gasteiger partial charge >= 0.3 is 6.09 Å². The number of carbonyl (C=O) groups is 1. The van der Waals surface area contributed by atoms with Crippen molar-refractivity contribution in [2.24, 2.45) is 17.0 Å². The molecule has 1 N–H and O–H groups in total. The lowest BCUT2D eigenvalue weighted by molar-refractivity contribution is 0.0354. The zero-order chi connectivity index (χ0) is 14.0. The number of hydrogen-bond donors (Lipinski definition) is 1. The number of azide groups is 1. The van der Waals surface area contributed by atoms with Crippen LogP contribution in [0, 0.1) is 11.8 Å². The van der Waals surface area contributed by atoms with Crippen LogP contribution in [0.2, 0.25) is 0 Å². The molecule has 1 amide bonds. The highest BCUT2D eigenvalue weighted by molar-refractivity contribution is 5.67. The third kappa shape index (κ3) is 3.75. The lowest BCUT2D eigenvalue weighted by Gasteiger charge is -2.23. The van der Waals surface area contributed by atoms with E-state index in [-0.39, 0.29) is 6.04 Å². The van der Waals surface area contributed by atoms with E-state index in [0.717, 1.165) is 25.9 Å². The second-order valence-corrected chi connectivity index (χ2v) is 6.37. The van der Waals surface area contributed by atoms with E-state index in [9.17, 15) is 4.79 Å². The largest absolute Gasteiger partial charge is 0.443 e. The maximum Gasteiger partial charge on any atom is 0.422 e. The zero-order valence-electron chi connectivity index (χ0n) is 11.7. The molecule has 1 aliphatic carbocycles. The second kappa shape index (κ2) is 5.27. The van der Waals surface area contributed by atoms with E-state index in [1.165, 1.54) is 0 Å². The van der Waals surface area contributed by atoms with Crippen molar-refractivity contribution in [3.63, 3.8) is 0 Å². The molecule has 0 aromatic rings. The van der Waals surface area contributed by atoms with E-state index >= 15 is 0 Å². The van der Waals surface area contributed by atoms with Gasteiger partial charge in [-0.3, -0.25) is 5.43 Å². The Kier molecular flexibility index (Phi) is 3.87. The summed E-state index contributed by atoms with van der Waals surface area (Å²) in [6.07, 6.45) is 1.43. The van der Waals surface area contributed by atoms with E-state index in [1.54, 1.807) is 0 Å². The van der Waals surface area contributed by atoms with Crippen LogP contribution in [0.15, 0.2) is 5.11 Å². The minimum Gasteiger partial charge on any atom is -0.443 e. The minimum absolute atomic E-state index is 0.128. The Hall–Kier alpha value is -1.46. The number of nitrogens with zero attached hydrogens (tertiary/aromatic N) is 4. The first-order chi connectivity index (χ1) is 8.87. The summed E-state index contributed by atoms with van der Waals surface area (Å²) in [6.45, 7) is 7.14. The molecule has 2 rings (SSSR count). The van der Waals surface area contributed by atoms with Crippen LogP contribution in [0.1, 0.15) is 33.6 Å². The lowest BCUT2D eigenvalue weighted by atomic mass is 10.0. The second-order valence-electron chi connectivity index (χ2n) is 6.37. The van der Waals surface area contributed by atoms with Crippen LogP contribution < -0.4 is 5.43 Å². The molecular formula is C12H21N5O2. The van der Waals surface area contributed by atoms with E-state index in [2.05, 4.69) is 15.5 Å². The third-order valence-electron chi connectivity index (χ3n) is 3.59. The number of nitrogens with one attached hydrogen (secondary N) is 1. The van der Waals surface area contributed by atoms with E-state index in [1.807, 2.05) is 25.8 Å². The van der Waals surface area contributed by atoms with Crippen molar-refractivity contribution < 1.29 is 9.53 Å². The Bertz CT molecular complexity index is 385. The number of rotatable bonds is 2. The van der Waals surface area contributed by atoms with Gasteiger partial charge in [-0.15, -0.1) is 0 Å². The lowest BCUT2D eigenvalue weighted by Crippen LogP contribution is -2.44. The molecule has 1 saturated heterocycles. The molecule has 0 bridgehead atoms. The van der Waals surface area contributed by atoms with Gasteiger partial charge in [0.2, 0.25) is 0 Å². The predicted molar refractivity (Wildman–Crippen MR) is 70.1 cm³/mol. The molecule has 2 aliphatic rings. The van der Waals surface area contributed by atoms with Gasteiger partial charge in [0.25, 0.3) is 0 Å². The quantitative estimate of drug-likeness (QED) is 0.473. The number of amides is 1. The summed E-state index contributed by atoms with van der Waals surface area (Å²) in [5.74, 6) is 1.01. The Labute approximate surface area is 112 Å². The van der Waals surface area contributed by atoms with Crippen molar-refractivity contribution in [2.45, 2.75) is 45.3 Å². The maximum atomic E-state index is 11.7. The summed E-state index contributed by atoms with van der Waals surface area (Å²) in [4.78, 5) is 14.5. The van der Waals surface area contributed by atoms with Crippen molar-refractivity contribution in [3.8, 4) is 0 Å². The van der Waals surface area contributed by atoms with Crippen LogP contribution in [0.4, 0.5) is 4.79 Å². The Morgan fingerprint density at radius 3 is 2.42 bits per heavy atom. The summed E-state index contributed by atoms with van der Waals surface area (Å²) in [7, 11) is 0. The minimum atomic E-state index is -0.480. The average Bonchev–Trinajstić information content (AvgIpc) is 2.72. The van der Waals surface area contributed by atoms with Crippen molar-refractivity contribution in [1.82, 2.24) is 10.4 Å². The molecular weight excluding hydrogens is 246 g/mol. The van der Waals surface area contributed by atoms with Gasteiger partial charge < -0.3 is 4.74 Å². The predicted octanol–water partition coefficient (Wildman–Crippen LogP) is 2.45. The van der Waals surface area contributed by atoms with Gasteiger partial charge in [0.05, 0.1) is 0 Å². The van der Waals surface area contributed by atoms with E-state index in [0.29, 0.717) is 11.8 Å². The Balaban J connectivity index is 1.79. The molecule has 0 radical (unpaired) electrons. The number of hydrogen-bond acceptors (Lipinski definition) is 4. The molecule has 0 spiro atoms. The molecule has 106 valence electrons. The summed E-state index contributed by atoms with van der Waals surface area (Å²) in [6, 6.07) is 0.128. The highest BCUT2D eigenvalue weighted by atomic mass is 16.6. The molecule has 0 aromatic heterocycles. The SMILES string of the molecule is CC(C)(C)OC(=O)NN1C[C@H]2CC(N=[N+]=[N-])C[C@H]2C1. The van der Waals surface area contributed by atoms with Crippen molar-refractivity contribution in [1.29, 1.82) is 0 Å².